The van der Waals surface area contributed by atoms with Crippen molar-refractivity contribution in [3.05, 3.63) is 52.6 Å². The third-order valence-electron chi connectivity index (χ3n) is 2.75. The maximum absolute atomic E-state index is 12.4. The zero-order valence-electron chi connectivity index (χ0n) is 11.5. The highest BCUT2D eigenvalue weighted by Gasteiger charge is 2.19. The molecule has 0 aliphatic heterocycles. The predicted molar refractivity (Wildman–Crippen MR) is 86.6 cm³/mol. The van der Waals surface area contributed by atoms with Crippen molar-refractivity contribution in [2.45, 2.75) is 18.5 Å². The topological polar surface area (TPSA) is 71.1 Å². The van der Waals surface area contributed by atoms with Crippen molar-refractivity contribution < 1.29 is 8.42 Å². The highest BCUT2D eigenvalue weighted by Crippen LogP contribution is 2.18. The smallest absolute Gasteiger partial charge is 0.260 e. The number of nitrogens with one attached hydrogen (secondary N) is 2. The minimum absolute atomic E-state index is 0.0156. The van der Waals surface area contributed by atoms with Gasteiger partial charge >= 0.3 is 0 Å². The van der Waals surface area contributed by atoms with Crippen molar-refractivity contribution >= 4 is 31.6 Å². The third-order valence-corrected chi connectivity index (χ3v) is 4.60. The molecule has 0 amide bonds. The van der Waals surface area contributed by atoms with E-state index in [0.29, 0.717) is 12.2 Å². The molecule has 0 saturated carbocycles. The van der Waals surface area contributed by atoms with Gasteiger partial charge in [-0.05, 0) is 36.8 Å². The Morgan fingerprint density at radius 1 is 1.24 bits per heavy atom. The normalized spacial score (nSPS) is 11.3. The van der Waals surface area contributed by atoms with Gasteiger partial charge < -0.3 is 5.32 Å². The molecule has 1 aromatic carbocycles. The second-order valence-electron chi connectivity index (χ2n) is 4.34. The molecule has 7 heteroatoms. The second kappa shape index (κ2) is 7.02. The molecule has 2 aromatic rings. The molecule has 1 heterocycles. The molecule has 112 valence electrons. The Bertz CT molecular complexity index is 720. The Morgan fingerprint density at radius 3 is 2.76 bits per heavy atom. The number of hydrogen-bond acceptors (Lipinski definition) is 4. The summed E-state index contributed by atoms with van der Waals surface area (Å²) < 4.78 is 28.2. The monoisotopic (exact) mass is 369 g/mol. The van der Waals surface area contributed by atoms with E-state index in [4.69, 9.17) is 0 Å². The van der Waals surface area contributed by atoms with Gasteiger partial charge in [0.25, 0.3) is 10.0 Å². The average Bonchev–Trinajstić information content (AvgIpc) is 2.46. The number of nitrogens with zero attached hydrogens (tertiary/aromatic N) is 1. The van der Waals surface area contributed by atoms with Crippen molar-refractivity contribution in [3.63, 3.8) is 0 Å². The molecule has 21 heavy (non-hydrogen) atoms. The average molecular weight is 370 g/mol. The van der Waals surface area contributed by atoms with Gasteiger partial charge in [-0.2, -0.15) is 0 Å². The van der Waals surface area contributed by atoms with E-state index in [1.807, 2.05) is 31.2 Å². The van der Waals surface area contributed by atoms with Gasteiger partial charge in [0, 0.05) is 23.8 Å². The van der Waals surface area contributed by atoms with Crippen LogP contribution in [0.25, 0.3) is 0 Å². The molecule has 0 bridgehead atoms. The molecular weight excluding hydrogens is 354 g/mol. The molecular formula is C14H16BrN3O2S. The Labute approximate surface area is 133 Å². The van der Waals surface area contributed by atoms with Gasteiger partial charge in [-0.3, -0.25) is 0 Å². The summed E-state index contributed by atoms with van der Waals surface area (Å²) >= 11 is 3.36. The lowest BCUT2D eigenvalue weighted by Crippen LogP contribution is -2.25. The quantitative estimate of drug-likeness (QED) is 0.820. The van der Waals surface area contributed by atoms with Crippen molar-refractivity contribution in [2.24, 2.45) is 0 Å². The van der Waals surface area contributed by atoms with Gasteiger partial charge in [-0.15, -0.1) is 0 Å². The number of aromatic nitrogens is 1. The largest absolute Gasteiger partial charge is 0.383 e. The van der Waals surface area contributed by atoms with Crippen LogP contribution >= 0.6 is 15.9 Å². The molecule has 0 fully saturated rings. The van der Waals surface area contributed by atoms with Crippen molar-refractivity contribution in [1.82, 2.24) is 9.71 Å². The van der Waals surface area contributed by atoms with Gasteiger partial charge in [0.2, 0.25) is 0 Å². The fourth-order valence-electron chi connectivity index (χ4n) is 1.82. The van der Waals surface area contributed by atoms with Crippen LogP contribution in [0.1, 0.15) is 12.5 Å². The number of anilines is 1. The fraction of sp³-hybridized carbons (Fsp3) is 0.214. The Kier molecular flexibility index (Phi) is 5.33. The van der Waals surface area contributed by atoms with Gasteiger partial charge in [-0.25, -0.2) is 18.1 Å². The first-order valence-corrected chi connectivity index (χ1v) is 8.73. The Morgan fingerprint density at radius 2 is 2.05 bits per heavy atom. The first kappa shape index (κ1) is 15.9. The van der Waals surface area contributed by atoms with Crippen LogP contribution < -0.4 is 10.0 Å². The summed E-state index contributed by atoms with van der Waals surface area (Å²) in [6, 6.07) is 10.9. The van der Waals surface area contributed by atoms with Gasteiger partial charge in [0.15, 0.2) is 5.03 Å². The first-order chi connectivity index (χ1) is 10.0. The highest BCUT2D eigenvalue weighted by molar-refractivity contribution is 9.10. The van der Waals surface area contributed by atoms with E-state index in [1.165, 1.54) is 6.20 Å². The third kappa shape index (κ3) is 4.26. The molecule has 0 atom stereocenters. The fourth-order valence-corrected chi connectivity index (χ4v) is 3.39. The highest BCUT2D eigenvalue weighted by atomic mass is 79.9. The molecule has 0 spiro atoms. The number of benzene rings is 1. The molecule has 0 aliphatic rings. The predicted octanol–water partition coefficient (Wildman–Crippen LogP) is 2.75. The molecule has 0 aliphatic carbocycles. The number of rotatable bonds is 6. The summed E-state index contributed by atoms with van der Waals surface area (Å²) in [5.41, 5.74) is 1.37. The second-order valence-corrected chi connectivity index (χ2v) is 6.94. The standard InChI is InChI=1S/C14H16BrN3O2S/c1-2-16-13-7-4-8-17-14(13)21(19,20)18-10-11-5-3-6-12(15)9-11/h3-9,16,18H,2,10H2,1H3. The maximum atomic E-state index is 12.4. The summed E-state index contributed by atoms with van der Waals surface area (Å²) in [6.07, 6.45) is 1.47. The lowest BCUT2D eigenvalue weighted by Gasteiger charge is -2.11. The van der Waals surface area contributed by atoms with E-state index < -0.39 is 10.0 Å². The van der Waals surface area contributed by atoms with Crippen LogP contribution in [-0.2, 0) is 16.6 Å². The summed E-state index contributed by atoms with van der Waals surface area (Å²) in [5.74, 6) is 0. The first-order valence-electron chi connectivity index (χ1n) is 6.46. The van der Waals surface area contributed by atoms with E-state index in [-0.39, 0.29) is 11.6 Å². The molecule has 5 nitrogen and oxygen atoms in total. The molecule has 0 radical (unpaired) electrons. The van der Waals surface area contributed by atoms with Crippen molar-refractivity contribution in [2.75, 3.05) is 11.9 Å². The number of hydrogen-bond donors (Lipinski definition) is 2. The van der Waals surface area contributed by atoms with Crippen LogP contribution in [0.15, 0.2) is 52.1 Å². The zero-order chi connectivity index (χ0) is 15.3. The molecule has 2 N–H and O–H groups in total. The SMILES string of the molecule is CCNc1cccnc1S(=O)(=O)NCc1cccc(Br)c1. The van der Waals surface area contributed by atoms with E-state index >= 15 is 0 Å². The summed E-state index contributed by atoms with van der Waals surface area (Å²) in [5, 5.41) is 3.02. The van der Waals surface area contributed by atoms with Crippen LogP contribution in [-0.4, -0.2) is 19.9 Å². The van der Waals surface area contributed by atoms with Crippen molar-refractivity contribution in [1.29, 1.82) is 0 Å². The Balaban J connectivity index is 2.19. The Hall–Kier alpha value is -1.44. The summed E-state index contributed by atoms with van der Waals surface area (Å²) in [7, 11) is -3.66. The number of pyridine rings is 1. The molecule has 0 saturated heterocycles. The van der Waals surface area contributed by atoms with Crippen LogP contribution in [0.2, 0.25) is 0 Å². The van der Waals surface area contributed by atoms with Gasteiger partial charge in [-0.1, -0.05) is 28.1 Å². The number of sulfonamides is 1. The van der Waals surface area contributed by atoms with Gasteiger partial charge in [0.1, 0.15) is 0 Å². The molecule has 1 aromatic heterocycles. The van der Waals surface area contributed by atoms with E-state index in [0.717, 1.165) is 10.0 Å². The van der Waals surface area contributed by atoms with Crippen LogP contribution in [0, 0.1) is 0 Å². The minimum Gasteiger partial charge on any atom is -0.383 e. The van der Waals surface area contributed by atoms with E-state index in [2.05, 4.69) is 31.0 Å². The zero-order valence-corrected chi connectivity index (χ0v) is 13.9. The summed E-state index contributed by atoms with van der Waals surface area (Å²) in [4.78, 5) is 3.98. The van der Waals surface area contributed by atoms with Gasteiger partial charge in [0.05, 0.1) is 5.69 Å². The molecule has 0 unspecified atom stereocenters. The summed E-state index contributed by atoms with van der Waals surface area (Å²) in [6.45, 7) is 2.74. The van der Waals surface area contributed by atoms with Crippen molar-refractivity contribution in [3.8, 4) is 0 Å². The lowest BCUT2D eigenvalue weighted by atomic mass is 10.2. The van der Waals surface area contributed by atoms with E-state index in [9.17, 15) is 8.42 Å². The van der Waals surface area contributed by atoms with E-state index in [1.54, 1.807) is 12.1 Å². The molecule has 2 rings (SSSR count). The minimum atomic E-state index is -3.66. The number of halogens is 1. The van der Waals surface area contributed by atoms with Crippen LogP contribution in [0.5, 0.6) is 0 Å². The van der Waals surface area contributed by atoms with Crippen LogP contribution in [0.4, 0.5) is 5.69 Å². The lowest BCUT2D eigenvalue weighted by molar-refractivity contribution is 0.578. The van der Waals surface area contributed by atoms with Crippen LogP contribution in [0.3, 0.4) is 0 Å². The maximum Gasteiger partial charge on any atom is 0.260 e.